The molecule has 0 aliphatic heterocycles. The molecule has 2 aliphatic carbocycles. The van der Waals surface area contributed by atoms with Crippen LogP contribution < -0.4 is 0 Å². The fourth-order valence-electron chi connectivity index (χ4n) is 3.27. The largest absolute Gasteiger partial charge is 0.300 e. The summed E-state index contributed by atoms with van der Waals surface area (Å²) < 4.78 is 0. The molecule has 0 heterocycles. The van der Waals surface area contributed by atoms with Crippen molar-refractivity contribution in [2.75, 3.05) is 0 Å². The van der Waals surface area contributed by atoms with Crippen molar-refractivity contribution in [1.29, 1.82) is 0 Å². The molecule has 1 nitrogen and oxygen atoms in total. The molecule has 2 rings (SSSR count). The number of carbonyl (C=O) groups is 1. The first kappa shape index (κ1) is 8.98. The molecule has 1 heteroatoms. The molecule has 0 unspecified atom stereocenters. The Balaban J connectivity index is 2.17. The lowest BCUT2D eigenvalue weighted by atomic mass is 9.67. The number of hydrogen-bond acceptors (Lipinski definition) is 1. The maximum Gasteiger partial charge on any atom is 0.133 e. The Kier molecular flexibility index (Phi) is 2.27. The number of allylic oxidation sites excluding steroid dienone is 1. The summed E-state index contributed by atoms with van der Waals surface area (Å²) in [4.78, 5) is 11.5. The topological polar surface area (TPSA) is 17.1 Å². The minimum absolute atomic E-state index is 0.344. The summed E-state index contributed by atoms with van der Waals surface area (Å²) in [5.41, 5.74) is 0.344. The normalized spacial score (nSPS) is 39.7. The van der Waals surface area contributed by atoms with Gasteiger partial charge >= 0.3 is 0 Å². The summed E-state index contributed by atoms with van der Waals surface area (Å²) in [7, 11) is 0. The van der Waals surface area contributed by atoms with Gasteiger partial charge in [-0.15, -0.1) is 6.58 Å². The smallest absolute Gasteiger partial charge is 0.133 e. The Morgan fingerprint density at radius 1 is 1.38 bits per heavy atom. The molecular formula is C12H18O. The van der Waals surface area contributed by atoms with E-state index in [0.29, 0.717) is 17.1 Å². The fraction of sp³-hybridized carbons (Fsp3) is 0.750. The highest BCUT2D eigenvalue weighted by Gasteiger charge is 2.43. The van der Waals surface area contributed by atoms with E-state index in [2.05, 4.69) is 12.7 Å². The maximum atomic E-state index is 11.5. The third kappa shape index (κ3) is 1.45. The second-order valence-electron chi connectivity index (χ2n) is 4.67. The average Bonchev–Trinajstić information content (AvgIpc) is 2.47. The van der Waals surface area contributed by atoms with Crippen LogP contribution in [0.15, 0.2) is 12.7 Å². The van der Waals surface area contributed by atoms with Crippen molar-refractivity contribution in [3.63, 3.8) is 0 Å². The maximum absolute atomic E-state index is 11.5. The van der Waals surface area contributed by atoms with E-state index in [4.69, 9.17) is 0 Å². The monoisotopic (exact) mass is 178 g/mol. The molecule has 1 spiro atoms. The third-order valence-corrected chi connectivity index (χ3v) is 3.94. The van der Waals surface area contributed by atoms with Gasteiger partial charge in [-0.2, -0.15) is 0 Å². The van der Waals surface area contributed by atoms with E-state index < -0.39 is 0 Å². The molecule has 0 aromatic heterocycles. The molecular weight excluding hydrogens is 160 g/mol. The van der Waals surface area contributed by atoms with Gasteiger partial charge in [0.05, 0.1) is 0 Å². The summed E-state index contributed by atoms with van der Waals surface area (Å²) in [6.45, 7) is 3.91. The van der Waals surface area contributed by atoms with Gasteiger partial charge in [-0.25, -0.2) is 0 Å². The van der Waals surface area contributed by atoms with E-state index >= 15 is 0 Å². The Bertz CT molecular complexity index is 231. The Morgan fingerprint density at radius 3 is 2.85 bits per heavy atom. The molecule has 0 amide bonds. The first-order valence-corrected chi connectivity index (χ1v) is 5.41. The van der Waals surface area contributed by atoms with E-state index in [1.54, 1.807) is 0 Å². The molecule has 2 saturated carbocycles. The molecule has 72 valence electrons. The van der Waals surface area contributed by atoms with Crippen LogP contribution in [-0.2, 0) is 4.79 Å². The van der Waals surface area contributed by atoms with Gasteiger partial charge < -0.3 is 0 Å². The highest BCUT2D eigenvalue weighted by molar-refractivity contribution is 5.80. The van der Waals surface area contributed by atoms with Crippen molar-refractivity contribution < 1.29 is 4.79 Å². The quantitative estimate of drug-likeness (QED) is 0.564. The van der Waals surface area contributed by atoms with Gasteiger partial charge in [-0.05, 0) is 37.0 Å². The van der Waals surface area contributed by atoms with Gasteiger partial charge in [0.2, 0.25) is 0 Å². The Morgan fingerprint density at radius 2 is 2.15 bits per heavy atom. The SMILES string of the molecule is C=C[C@@H]1CCC[C@]12CCCC(=O)C2. The standard InChI is InChI=1S/C12H18O/c1-2-10-5-3-7-12(10)8-4-6-11(13)9-12/h2,10H,1,3-9H2/t10-,12-/m1/s1. The van der Waals surface area contributed by atoms with Crippen LogP contribution in [0.3, 0.4) is 0 Å². The first-order valence-electron chi connectivity index (χ1n) is 5.41. The molecule has 0 radical (unpaired) electrons. The first-order chi connectivity index (χ1) is 6.27. The fourth-order valence-corrected chi connectivity index (χ4v) is 3.27. The number of carbonyl (C=O) groups excluding carboxylic acids is 1. The minimum atomic E-state index is 0.344. The van der Waals surface area contributed by atoms with Gasteiger partial charge in [-0.1, -0.05) is 12.5 Å². The molecule has 2 atom stereocenters. The summed E-state index contributed by atoms with van der Waals surface area (Å²) in [6.07, 6.45) is 9.94. The van der Waals surface area contributed by atoms with Gasteiger partial charge in [0.25, 0.3) is 0 Å². The molecule has 2 aliphatic rings. The lowest BCUT2D eigenvalue weighted by Gasteiger charge is -2.36. The van der Waals surface area contributed by atoms with Crippen LogP contribution >= 0.6 is 0 Å². The molecule has 0 aromatic carbocycles. The van der Waals surface area contributed by atoms with Crippen LogP contribution in [0.5, 0.6) is 0 Å². The summed E-state index contributed by atoms with van der Waals surface area (Å²) in [5, 5.41) is 0. The van der Waals surface area contributed by atoms with Crippen molar-refractivity contribution in [2.45, 2.75) is 44.9 Å². The van der Waals surface area contributed by atoms with Crippen LogP contribution in [0.2, 0.25) is 0 Å². The number of ketones is 1. The Labute approximate surface area is 80.2 Å². The van der Waals surface area contributed by atoms with E-state index in [-0.39, 0.29) is 0 Å². The van der Waals surface area contributed by atoms with Crippen molar-refractivity contribution in [3.8, 4) is 0 Å². The van der Waals surface area contributed by atoms with Crippen molar-refractivity contribution in [1.82, 2.24) is 0 Å². The third-order valence-electron chi connectivity index (χ3n) is 3.94. The van der Waals surface area contributed by atoms with E-state index in [0.717, 1.165) is 19.3 Å². The second kappa shape index (κ2) is 3.28. The van der Waals surface area contributed by atoms with E-state index in [1.807, 2.05) is 0 Å². The van der Waals surface area contributed by atoms with E-state index in [1.165, 1.54) is 25.7 Å². The summed E-state index contributed by atoms with van der Waals surface area (Å²) >= 11 is 0. The zero-order chi connectivity index (χ0) is 9.31. The summed E-state index contributed by atoms with van der Waals surface area (Å²) in [5.74, 6) is 1.11. The van der Waals surface area contributed by atoms with Gasteiger partial charge in [0, 0.05) is 12.8 Å². The van der Waals surface area contributed by atoms with Crippen molar-refractivity contribution in [3.05, 3.63) is 12.7 Å². The Hall–Kier alpha value is -0.590. The molecule has 0 N–H and O–H groups in total. The molecule has 0 aromatic rings. The lowest BCUT2D eigenvalue weighted by Crippen LogP contribution is -2.31. The highest BCUT2D eigenvalue weighted by atomic mass is 16.1. The zero-order valence-electron chi connectivity index (χ0n) is 8.22. The summed E-state index contributed by atoms with van der Waals surface area (Å²) in [6, 6.07) is 0. The van der Waals surface area contributed by atoms with Crippen LogP contribution in [0, 0.1) is 11.3 Å². The van der Waals surface area contributed by atoms with Crippen LogP contribution in [0.25, 0.3) is 0 Å². The van der Waals surface area contributed by atoms with Gasteiger partial charge in [0.1, 0.15) is 5.78 Å². The molecule has 13 heavy (non-hydrogen) atoms. The van der Waals surface area contributed by atoms with E-state index in [9.17, 15) is 4.79 Å². The van der Waals surface area contributed by atoms with Crippen LogP contribution in [0.4, 0.5) is 0 Å². The molecule has 0 saturated heterocycles. The molecule has 2 fully saturated rings. The number of hydrogen-bond donors (Lipinski definition) is 0. The van der Waals surface area contributed by atoms with Gasteiger partial charge in [0.15, 0.2) is 0 Å². The van der Waals surface area contributed by atoms with Crippen LogP contribution in [0.1, 0.15) is 44.9 Å². The van der Waals surface area contributed by atoms with Crippen molar-refractivity contribution in [2.24, 2.45) is 11.3 Å². The number of Topliss-reactive ketones (excluding diaryl/α,β-unsaturated/α-hetero) is 1. The number of rotatable bonds is 1. The predicted molar refractivity (Wildman–Crippen MR) is 53.4 cm³/mol. The second-order valence-corrected chi connectivity index (χ2v) is 4.67. The molecule has 0 bridgehead atoms. The van der Waals surface area contributed by atoms with Gasteiger partial charge in [-0.3, -0.25) is 4.79 Å². The zero-order valence-corrected chi connectivity index (χ0v) is 8.22. The minimum Gasteiger partial charge on any atom is -0.300 e. The predicted octanol–water partition coefficient (Wildman–Crippen LogP) is 3.10. The van der Waals surface area contributed by atoms with Crippen LogP contribution in [-0.4, -0.2) is 5.78 Å². The lowest BCUT2D eigenvalue weighted by molar-refractivity contribution is -0.124. The average molecular weight is 178 g/mol. The highest BCUT2D eigenvalue weighted by Crippen LogP contribution is 2.52. The van der Waals surface area contributed by atoms with Crippen molar-refractivity contribution >= 4 is 5.78 Å².